The van der Waals surface area contributed by atoms with Gasteiger partial charge in [-0.3, -0.25) is 0 Å². The summed E-state index contributed by atoms with van der Waals surface area (Å²) in [4.78, 5) is 22.8. The molecule has 0 aromatic rings. The molecule has 110 valence electrons. The summed E-state index contributed by atoms with van der Waals surface area (Å²) in [5, 5.41) is 14.4. The van der Waals surface area contributed by atoms with E-state index in [9.17, 15) is 9.59 Å². The Bertz CT molecular complexity index is 320. The van der Waals surface area contributed by atoms with Crippen LogP contribution in [0.1, 0.15) is 40.0 Å². The number of carbonyl (C=O) groups is 2. The first-order chi connectivity index (χ1) is 8.88. The number of aliphatic carboxylic acids is 1. The van der Waals surface area contributed by atoms with Crippen LogP contribution in [-0.2, 0) is 9.53 Å². The number of rotatable bonds is 5. The summed E-state index contributed by atoms with van der Waals surface area (Å²) in [6.07, 6.45) is 2.08. The second-order valence-corrected chi connectivity index (χ2v) is 5.54. The lowest BCUT2D eigenvalue weighted by Gasteiger charge is -2.28. The quantitative estimate of drug-likeness (QED) is 0.705. The summed E-state index contributed by atoms with van der Waals surface area (Å²) in [6.45, 7) is 6.44. The predicted molar refractivity (Wildman–Crippen MR) is 71.0 cm³/mol. The Hall–Kier alpha value is -1.30. The maximum absolute atomic E-state index is 11.8. The molecule has 1 rings (SSSR count). The molecule has 1 saturated heterocycles. The molecule has 6 heteroatoms. The molecule has 3 N–H and O–H groups in total. The molecular formula is C13H24N2O4. The number of hydrogen-bond acceptors (Lipinski definition) is 3. The number of urea groups is 1. The summed E-state index contributed by atoms with van der Waals surface area (Å²) in [6, 6.07) is -1.19. The molecule has 0 saturated carbocycles. The van der Waals surface area contributed by atoms with Crippen LogP contribution >= 0.6 is 0 Å². The molecule has 3 atom stereocenters. The number of amides is 2. The van der Waals surface area contributed by atoms with Gasteiger partial charge in [-0.15, -0.1) is 0 Å². The molecule has 2 amide bonds. The van der Waals surface area contributed by atoms with Crippen LogP contribution in [0.4, 0.5) is 4.79 Å². The van der Waals surface area contributed by atoms with Gasteiger partial charge in [-0.2, -0.15) is 0 Å². The SMILES string of the molecule is CC(C)C[C@H](NC(=O)NC1CCOC(C)C1)C(=O)O. The average Bonchev–Trinajstić information content (AvgIpc) is 2.27. The third-order valence-electron chi connectivity index (χ3n) is 3.13. The zero-order chi connectivity index (χ0) is 14.4. The smallest absolute Gasteiger partial charge is 0.326 e. The molecular weight excluding hydrogens is 248 g/mol. The van der Waals surface area contributed by atoms with Gasteiger partial charge in [0.05, 0.1) is 6.10 Å². The minimum atomic E-state index is -0.996. The van der Waals surface area contributed by atoms with Crippen LogP contribution in [0.2, 0.25) is 0 Å². The van der Waals surface area contributed by atoms with E-state index in [1.165, 1.54) is 0 Å². The van der Waals surface area contributed by atoms with Crippen molar-refractivity contribution in [1.29, 1.82) is 0 Å². The van der Waals surface area contributed by atoms with E-state index < -0.39 is 18.0 Å². The topological polar surface area (TPSA) is 87.7 Å². The molecule has 19 heavy (non-hydrogen) atoms. The lowest BCUT2D eigenvalue weighted by atomic mass is 10.0. The third-order valence-corrected chi connectivity index (χ3v) is 3.13. The number of ether oxygens (including phenoxy) is 1. The van der Waals surface area contributed by atoms with Crippen molar-refractivity contribution in [2.75, 3.05) is 6.61 Å². The second kappa shape index (κ2) is 7.33. The summed E-state index contributed by atoms with van der Waals surface area (Å²) < 4.78 is 5.40. The van der Waals surface area contributed by atoms with Crippen molar-refractivity contribution in [1.82, 2.24) is 10.6 Å². The minimum absolute atomic E-state index is 0.0530. The molecule has 1 aliphatic heterocycles. The number of hydrogen-bond donors (Lipinski definition) is 3. The van der Waals surface area contributed by atoms with Gasteiger partial charge in [0.25, 0.3) is 0 Å². The summed E-state index contributed by atoms with van der Waals surface area (Å²) in [7, 11) is 0. The van der Waals surface area contributed by atoms with E-state index in [4.69, 9.17) is 9.84 Å². The Morgan fingerprint density at radius 2 is 2.11 bits per heavy atom. The molecule has 1 heterocycles. The van der Waals surface area contributed by atoms with Crippen LogP contribution in [0.15, 0.2) is 0 Å². The average molecular weight is 272 g/mol. The largest absolute Gasteiger partial charge is 0.480 e. The summed E-state index contributed by atoms with van der Waals surface area (Å²) in [5.41, 5.74) is 0. The molecule has 6 nitrogen and oxygen atoms in total. The van der Waals surface area contributed by atoms with Crippen molar-refractivity contribution in [2.24, 2.45) is 5.92 Å². The van der Waals surface area contributed by atoms with Gasteiger partial charge in [-0.25, -0.2) is 9.59 Å². The van der Waals surface area contributed by atoms with Crippen molar-refractivity contribution >= 4 is 12.0 Å². The van der Waals surface area contributed by atoms with Crippen LogP contribution in [0.25, 0.3) is 0 Å². The molecule has 0 aliphatic carbocycles. The highest BCUT2D eigenvalue weighted by Crippen LogP contribution is 2.13. The highest BCUT2D eigenvalue weighted by molar-refractivity contribution is 5.82. The number of carboxylic acids is 1. The maximum atomic E-state index is 11.8. The molecule has 0 radical (unpaired) electrons. The standard InChI is InChI=1S/C13H24N2O4/c1-8(2)6-11(12(16)17)15-13(18)14-10-4-5-19-9(3)7-10/h8-11H,4-7H2,1-3H3,(H,16,17)(H2,14,15,18)/t9?,10?,11-/m0/s1. The zero-order valence-electron chi connectivity index (χ0n) is 11.8. The van der Waals surface area contributed by atoms with Crippen LogP contribution < -0.4 is 10.6 Å². The predicted octanol–water partition coefficient (Wildman–Crippen LogP) is 1.35. The lowest BCUT2D eigenvalue weighted by Crippen LogP contribution is -2.51. The van der Waals surface area contributed by atoms with E-state index in [1.54, 1.807) is 0 Å². The Morgan fingerprint density at radius 3 is 2.63 bits per heavy atom. The zero-order valence-corrected chi connectivity index (χ0v) is 11.8. The summed E-state index contributed by atoms with van der Waals surface area (Å²) >= 11 is 0. The molecule has 0 aromatic heterocycles. The second-order valence-electron chi connectivity index (χ2n) is 5.54. The fourth-order valence-corrected chi connectivity index (χ4v) is 2.21. The van der Waals surface area contributed by atoms with Gasteiger partial charge in [0.15, 0.2) is 0 Å². The lowest BCUT2D eigenvalue weighted by molar-refractivity contribution is -0.139. The number of carbonyl (C=O) groups excluding carboxylic acids is 1. The van der Waals surface area contributed by atoms with E-state index in [2.05, 4.69) is 10.6 Å². The van der Waals surface area contributed by atoms with E-state index in [-0.39, 0.29) is 18.1 Å². The van der Waals surface area contributed by atoms with E-state index >= 15 is 0 Å². The molecule has 0 aromatic carbocycles. The first-order valence-corrected chi connectivity index (χ1v) is 6.80. The molecule has 0 bridgehead atoms. The van der Waals surface area contributed by atoms with Gasteiger partial charge < -0.3 is 20.5 Å². The first-order valence-electron chi connectivity index (χ1n) is 6.80. The van der Waals surface area contributed by atoms with E-state index in [0.29, 0.717) is 13.0 Å². The van der Waals surface area contributed by atoms with Crippen molar-refractivity contribution in [3.8, 4) is 0 Å². The minimum Gasteiger partial charge on any atom is -0.480 e. The van der Waals surface area contributed by atoms with E-state index in [0.717, 1.165) is 12.8 Å². The molecule has 2 unspecified atom stereocenters. The van der Waals surface area contributed by atoms with Crippen molar-refractivity contribution in [3.63, 3.8) is 0 Å². The number of nitrogens with one attached hydrogen (secondary N) is 2. The maximum Gasteiger partial charge on any atom is 0.326 e. The Kier molecular flexibility index (Phi) is 6.08. The van der Waals surface area contributed by atoms with Gasteiger partial charge in [0.1, 0.15) is 6.04 Å². The monoisotopic (exact) mass is 272 g/mol. The first kappa shape index (κ1) is 15.8. The highest BCUT2D eigenvalue weighted by Gasteiger charge is 2.24. The number of carboxylic acid groups (broad SMARTS) is 1. The fraction of sp³-hybridized carbons (Fsp3) is 0.846. The fourth-order valence-electron chi connectivity index (χ4n) is 2.21. The van der Waals surface area contributed by atoms with Crippen LogP contribution in [0.3, 0.4) is 0 Å². The Morgan fingerprint density at radius 1 is 1.42 bits per heavy atom. The molecule has 0 spiro atoms. The molecule has 1 fully saturated rings. The normalized spacial score (nSPS) is 24.8. The highest BCUT2D eigenvalue weighted by atomic mass is 16.5. The van der Waals surface area contributed by atoms with Crippen molar-refractivity contribution in [2.45, 2.75) is 58.2 Å². The van der Waals surface area contributed by atoms with Crippen LogP contribution in [0.5, 0.6) is 0 Å². The van der Waals surface area contributed by atoms with Gasteiger partial charge in [-0.05, 0) is 32.1 Å². The van der Waals surface area contributed by atoms with Gasteiger partial charge >= 0.3 is 12.0 Å². The molecule has 1 aliphatic rings. The van der Waals surface area contributed by atoms with Crippen molar-refractivity contribution in [3.05, 3.63) is 0 Å². The van der Waals surface area contributed by atoms with Crippen LogP contribution in [0, 0.1) is 5.92 Å². The van der Waals surface area contributed by atoms with Gasteiger partial charge in [0, 0.05) is 12.6 Å². The van der Waals surface area contributed by atoms with Crippen LogP contribution in [-0.4, -0.2) is 41.9 Å². The van der Waals surface area contributed by atoms with Gasteiger partial charge in [-0.1, -0.05) is 13.8 Å². The van der Waals surface area contributed by atoms with E-state index in [1.807, 2.05) is 20.8 Å². The van der Waals surface area contributed by atoms with Crippen molar-refractivity contribution < 1.29 is 19.4 Å². The summed E-state index contributed by atoms with van der Waals surface area (Å²) in [5.74, 6) is -0.784. The van der Waals surface area contributed by atoms with Gasteiger partial charge in [0.2, 0.25) is 0 Å². The Labute approximate surface area is 113 Å². The third kappa shape index (κ3) is 5.92. The Balaban J connectivity index is 2.41.